The zero-order valence-electron chi connectivity index (χ0n) is 11.8. The van der Waals surface area contributed by atoms with Crippen molar-refractivity contribution in [3.05, 3.63) is 51.5 Å². The van der Waals surface area contributed by atoms with Gasteiger partial charge in [0.1, 0.15) is 5.01 Å². The summed E-state index contributed by atoms with van der Waals surface area (Å²) in [5, 5.41) is 13.3. The molecule has 8 heteroatoms. The zero-order valence-corrected chi connectivity index (χ0v) is 12.6. The first-order valence-electron chi connectivity index (χ1n) is 6.86. The predicted octanol–water partition coefficient (Wildman–Crippen LogP) is 2.54. The third kappa shape index (κ3) is 3.21. The number of rotatable bonds is 5. The lowest BCUT2D eigenvalue weighted by atomic mass is 10.1. The topological polar surface area (TPSA) is 79.3 Å². The number of amides is 1. The van der Waals surface area contributed by atoms with Crippen LogP contribution in [0.4, 0.5) is 8.78 Å². The van der Waals surface area contributed by atoms with Crippen LogP contribution in [0.5, 0.6) is 0 Å². The number of benzene rings is 1. The fourth-order valence-corrected chi connectivity index (χ4v) is 3.13. The first-order valence-corrected chi connectivity index (χ1v) is 7.74. The van der Waals surface area contributed by atoms with Crippen LogP contribution in [0.1, 0.15) is 33.4 Å². The summed E-state index contributed by atoms with van der Waals surface area (Å²) in [4.78, 5) is 26.6. The van der Waals surface area contributed by atoms with Crippen LogP contribution in [0.25, 0.3) is 0 Å². The van der Waals surface area contributed by atoms with Gasteiger partial charge in [0, 0.05) is 11.3 Å². The van der Waals surface area contributed by atoms with Crippen LogP contribution < -0.4 is 5.32 Å². The third-order valence-electron chi connectivity index (χ3n) is 3.69. The minimum atomic E-state index is -1.12. The molecular formula is C15H12F2N2O3S. The molecule has 1 amide bonds. The van der Waals surface area contributed by atoms with E-state index < -0.39 is 23.5 Å². The van der Waals surface area contributed by atoms with E-state index in [1.165, 1.54) is 17.5 Å². The van der Waals surface area contributed by atoms with Crippen molar-refractivity contribution in [2.75, 3.05) is 0 Å². The smallest absolute Gasteiger partial charge is 0.355 e. The molecule has 1 saturated carbocycles. The first-order chi connectivity index (χ1) is 11.0. The number of aromatic nitrogens is 1. The Hall–Kier alpha value is -2.35. The van der Waals surface area contributed by atoms with E-state index in [0.29, 0.717) is 11.4 Å². The van der Waals surface area contributed by atoms with Gasteiger partial charge in [0.2, 0.25) is 5.91 Å². The minimum absolute atomic E-state index is 0.0645. The molecule has 0 aliphatic heterocycles. The Morgan fingerprint density at radius 3 is 2.87 bits per heavy atom. The second-order valence-electron chi connectivity index (χ2n) is 5.24. The summed E-state index contributed by atoms with van der Waals surface area (Å²) < 4.78 is 26.9. The van der Waals surface area contributed by atoms with Crippen molar-refractivity contribution >= 4 is 23.2 Å². The van der Waals surface area contributed by atoms with Gasteiger partial charge in [-0.2, -0.15) is 0 Å². The van der Waals surface area contributed by atoms with Crippen molar-refractivity contribution in [2.24, 2.45) is 5.92 Å². The summed E-state index contributed by atoms with van der Waals surface area (Å²) in [5.74, 6) is -3.94. The molecule has 1 aliphatic rings. The van der Waals surface area contributed by atoms with E-state index in [9.17, 15) is 18.4 Å². The van der Waals surface area contributed by atoms with Crippen molar-refractivity contribution in [2.45, 2.75) is 18.9 Å². The second kappa shape index (κ2) is 6.04. The van der Waals surface area contributed by atoms with Gasteiger partial charge in [-0.1, -0.05) is 12.1 Å². The van der Waals surface area contributed by atoms with Gasteiger partial charge in [-0.3, -0.25) is 4.79 Å². The maximum atomic E-state index is 13.7. The first kappa shape index (κ1) is 15.5. The van der Waals surface area contributed by atoms with Crippen LogP contribution >= 0.6 is 11.3 Å². The number of carboxylic acids is 1. The average molecular weight is 338 g/mol. The van der Waals surface area contributed by atoms with Crippen molar-refractivity contribution in [1.82, 2.24) is 10.3 Å². The Kier molecular flexibility index (Phi) is 4.08. The number of hydrogen-bond donors (Lipinski definition) is 2. The van der Waals surface area contributed by atoms with Gasteiger partial charge in [0.05, 0.1) is 6.54 Å². The molecule has 0 radical (unpaired) electrons. The van der Waals surface area contributed by atoms with Gasteiger partial charge >= 0.3 is 5.97 Å². The molecule has 23 heavy (non-hydrogen) atoms. The van der Waals surface area contributed by atoms with Crippen molar-refractivity contribution in [3.8, 4) is 0 Å². The molecule has 0 unspecified atom stereocenters. The van der Waals surface area contributed by atoms with Gasteiger partial charge in [-0.05, 0) is 24.0 Å². The highest BCUT2D eigenvalue weighted by molar-refractivity contribution is 7.09. The molecule has 1 heterocycles. The van der Waals surface area contributed by atoms with Crippen LogP contribution in [0, 0.1) is 17.6 Å². The van der Waals surface area contributed by atoms with Gasteiger partial charge in [-0.15, -0.1) is 11.3 Å². The SMILES string of the molecule is O=C(O)c1csc(CNC(=O)[C@@H]2C[C@@H]2c2cccc(F)c2F)n1. The Balaban J connectivity index is 1.58. The molecule has 2 aromatic rings. The lowest BCUT2D eigenvalue weighted by Crippen LogP contribution is -2.25. The average Bonchev–Trinajstić information content (AvgIpc) is 3.16. The predicted molar refractivity (Wildman–Crippen MR) is 78.1 cm³/mol. The molecule has 1 aromatic carbocycles. The lowest BCUT2D eigenvalue weighted by Gasteiger charge is -2.04. The van der Waals surface area contributed by atoms with Gasteiger partial charge in [0.25, 0.3) is 0 Å². The number of carbonyl (C=O) groups excluding carboxylic acids is 1. The van der Waals surface area contributed by atoms with Crippen LogP contribution in [0.3, 0.4) is 0 Å². The molecule has 2 atom stereocenters. The number of carboxylic acid groups (broad SMARTS) is 1. The number of nitrogens with one attached hydrogen (secondary N) is 1. The highest BCUT2D eigenvalue weighted by Gasteiger charge is 2.45. The Morgan fingerprint density at radius 1 is 1.39 bits per heavy atom. The summed E-state index contributed by atoms with van der Waals surface area (Å²) in [6.07, 6.45) is 0.463. The number of halogens is 2. The number of nitrogens with zero attached hydrogens (tertiary/aromatic N) is 1. The van der Waals surface area contributed by atoms with Crippen LogP contribution in [-0.2, 0) is 11.3 Å². The fourth-order valence-electron chi connectivity index (χ4n) is 2.42. The van der Waals surface area contributed by atoms with E-state index >= 15 is 0 Å². The largest absolute Gasteiger partial charge is 0.476 e. The van der Waals surface area contributed by atoms with E-state index in [1.54, 1.807) is 0 Å². The van der Waals surface area contributed by atoms with Gasteiger partial charge in [-0.25, -0.2) is 18.6 Å². The maximum absolute atomic E-state index is 13.7. The molecule has 5 nitrogen and oxygen atoms in total. The minimum Gasteiger partial charge on any atom is -0.476 e. The quantitative estimate of drug-likeness (QED) is 0.878. The van der Waals surface area contributed by atoms with E-state index in [-0.39, 0.29) is 29.6 Å². The zero-order chi connectivity index (χ0) is 16.6. The second-order valence-corrected chi connectivity index (χ2v) is 6.18. The standard InChI is InChI=1S/C15H12F2N2O3S/c16-10-3-1-2-7(13(10)17)8-4-9(8)14(20)18-5-12-19-11(6-23-12)15(21)22/h1-3,6,8-9H,4-5H2,(H,18,20)(H,21,22)/t8-,9-/m1/s1. The molecule has 120 valence electrons. The number of hydrogen-bond acceptors (Lipinski definition) is 4. The number of aromatic carboxylic acids is 1. The Morgan fingerprint density at radius 2 is 2.17 bits per heavy atom. The summed E-state index contributed by atoms with van der Waals surface area (Å²) >= 11 is 1.14. The van der Waals surface area contributed by atoms with E-state index in [0.717, 1.165) is 17.4 Å². The molecular weight excluding hydrogens is 326 g/mol. The van der Waals surface area contributed by atoms with Crippen molar-refractivity contribution in [1.29, 1.82) is 0 Å². The highest BCUT2D eigenvalue weighted by Crippen LogP contribution is 2.48. The normalized spacial score (nSPS) is 19.4. The summed E-state index contributed by atoms with van der Waals surface area (Å²) in [6.45, 7) is 0.117. The van der Waals surface area contributed by atoms with Gasteiger partial charge < -0.3 is 10.4 Å². The van der Waals surface area contributed by atoms with Crippen LogP contribution in [-0.4, -0.2) is 22.0 Å². The molecule has 2 N–H and O–H groups in total. The number of thiazole rings is 1. The maximum Gasteiger partial charge on any atom is 0.355 e. The van der Waals surface area contributed by atoms with E-state index in [1.807, 2.05) is 0 Å². The van der Waals surface area contributed by atoms with Gasteiger partial charge in [0.15, 0.2) is 17.3 Å². The molecule has 0 spiro atoms. The molecule has 0 bridgehead atoms. The van der Waals surface area contributed by atoms with Crippen LogP contribution in [0.2, 0.25) is 0 Å². The third-order valence-corrected chi connectivity index (χ3v) is 4.54. The Bertz CT molecular complexity index is 778. The van der Waals surface area contributed by atoms with Crippen LogP contribution in [0.15, 0.2) is 23.6 Å². The van der Waals surface area contributed by atoms with Crippen molar-refractivity contribution in [3.63, 3.8) is 0 Å². The molecule has 1 aromatic heterocycles. The summed E-state index contributed by atoms with van der Waals surface area (Å²) in [7, 11) is 0. The lowest BCUT2D eigenvalue weighted by molar-refractivity contribution is -0.122. The monoisotopic (exact) mass is 338 g/mol. The van der Waals surface area contributed by atoms with E-state index in [2.05, 4.69) is 10.3 Å². The van der Waals surface area contributed by atoms with E-state index in [4.69, 9.17) is 5.11 Å². The molecule has 1 aliphatic carbocycles. The fraction of sp³-hybridized carbons (Fsp3) is 0.267. The Labute approximate surface area is 134 Å². The highest BCUT2D eigenvalue weighted by atomic mass is 32.1. The summed E-state index contributed by atoms with van der Waals surface area (Å²) in [6, 6.07) is 3.94. The molecule has 0 saturated heterocycles. The van der Waals surface area contributed by atoms with Crippen molar-refractivity contribution < 1.29 is 23.5 Å². The molecule has 1 fully saturated rings. The number of carbonyl (C=O) groups is 2. The summed E-state index contributed by atoms with van der Waals surface area (Å²) in [5.41, 5.74) is 0.151. The molecule has 3 rings (SSSR count).